The van der Waals surface area contributed by atoms with Crippen LogP contribution in [0.15, 0.2) is 54.7 Å². The fraction of sp³-hybridized carbons (Fsp3) is 0.471. The Morgan fingerprint density at radius 1 is 0.907 bits per heavy atom. The minimum absolute atomic E-state index is 0.273. The van der Waals surface area contributed by atoms with Crippen molar-refractivity contribution >= 4 is 22.8 Å². The van der Waals surface area contributed by atoms with Gasteiger partial charge in [0.2, 0.25) is 5.95 Å². The molecule has 230 valence electrons. The maximum Gasteiger partial charge on any atom is 0.222 e. The van der Waals surface area contributed by atoms with Crippen LogP contribution in [-0.2, 0) is 31.0 Å². The number of benzene rings is 2. The van der Waals surface area contributed by atoms with Crippen molar-refractivity contribution in [3.05, 3.63) is 77.0 Å². The normalized spacial score (nSPS) is 13.8. The molecule has 2 aromatic carbocycles. The SMILES string of the molecule is CCCCCNc1nc(N)nc2ccn(Cc3ccc(CN4CC(OCc5ccc(CNCCC)cc5)C4)cc3OC)c12. The zero-order valence-corrected chi connectivity index (χ0v) is 25.9. The maximum absolute atomic E-state index is 6.17. The Labute approximate surface area is 255 Å². The summed E-state index contributed by atoms with van der Waals surface area (Å²) < 4.78 is 14.2. The van der Waals surface area contributed by atoms with Gasteiger partial charge in [0.25, 0.3) is 0 Å². The molecule has 0 amide bonds. The molecule has 0 atom stereocenters. The van der Waals surface area contributed by atoms with Crippen molar-refractivity contribution in [3.63, 3.8) is 0 Å². The van der Waals surface area contributed by atoms with Crippen LogP contribution in [0.3, 0.4) is 0 Å². The lowest BCUT2D eigenvalue weighted by atomic mass is 10.1. The van der Waals surface area contributed by atoms with Crippen LogP contribution in [0.2, 0.25) is 0 Å². The van der Waals surface area contributed by atoms with E-state index in [1.807, 2.05) is 12.3 Å². The van der Waals surface area contributed by atoms with E-state index in [0.29, 0.717) is 13.2 Å². The number of fused-ring (bicyclic) bond motifs is 1. The fourth-order valence-electron chi connectivity index (χ4n) is 5.56. The summed E-state index contributed by atoms with van der Waals surface area (Å²) in [6.45, 7) is 11.3. The molecule has 0 aliphatic carbocycles. The molecule has 0 unspecified atom stereocenters. The highest BCUT2D eigenvalue weighted by molar-refractivity contribution is 5.87. The molecule has 0 saturated carbocycles. The van der Waals surface area contributed by atoms with E-state index >= 15 is 0 Å². The third kappa shape index (κ3) is 8.25. The van der Waals surface area contributed by atoms with Crippen molar-refractivity contribution < 1.29 is 9.47 Å². The molecule has 2 aromatic heterocycles. The Hall–Kier alpha value is -3.66. The molecule has 0 spiro atoms. The molecular weight excluding hydrogens is 538 g/mol. The monoisotopic (exact) mass is 585 g/mol. The van der Waals surface area contributed by atoms with Crippen molar-refractivity contribution in [3.8, 4) is 5.75 Å². The first-order valence-corrected chi connectivity index (χ1v) is 15.7. The number of nitrogens with zero attached hydrogens (tertiary/aromatic N) is 4. The van der Waals surface area contributed by atoms with Gasteiger partial charge in [-0.2, -0.15) is 4.98 Å². The van der Waals surface area contributed by atoms with Crippen LogP contribution in [0.1, 0.15) is 61.8 Å². The number of nitrogen functional groups attached to an aromatic ring is 1. The molecule has 0 radical (unpaired) electrons. The Bertz CT molecular complexity index is 1450. The van der Waals surface area contributed by atoms with Gasteiger partial charge in [-0.05, 0) is 48.2 Å². The Balaban J connectivity index is 1.14. The van der Waals surface area contributed by atoms with Gasteiger partial charge in [0.05, 0.1) is 31.9 Å². The standard InChI is InChI=1S/C34H47N7O2/c1-4-6-7-16-37-33-32-30(38-34(35)39-33)14-17-41(32)21-28-13-12-27(18-31(28)42-3)20-40-22-29(23-40)43-24-26-10-8-25(9-11-26)19-36-15-5-2/h8-14,17-18,29,36H,4-7,15-16,19-24H2,1-3H3,(H3,35,37,38,39). The number of rotatable bonds is 17. The highest BCUT2D eigenvalue weighted by atomic mass is 16.5. The molecule has 1 aliphatic rings. The second-order valence-electron chi connectivity index (χ2n) is 11.5. The molecule has 9 nitrogen and oxygen atoms in total. The van der Waals surface area contributed by atoms with Gasteiger partial charge in [0, 0.05) is 44.5 Å². The smallest absolute Gasteiger partial charge is 0.222 e. The number of hydrogen-bond acceptors (Lipinski definition) is 8. The fourth-order valence-corrected chi connectivity index (χ4v) is 5.56. The van der Waals surface area contributed by atoms with Gasteiger partial charge in [-0.3, -0.25) is 4.90 Å². The summed E-state index contributed by atoms with van der Waals surface area (Å²) in [5.41, 5.74) is 12.7. The van der Waals surface area contributed by atoms with E-state index in [4.69, 9.17) is 15.2 Å². The van der Waals surface area contributed by atoms with E-state index in [1.165, 1.54) is 29.5 Å². The number of likely N-dealkylation sites (tertiary alicyclic amines) is 1. The number of nitrogens with one attached hydrogen (secondary N) is 2. The van der Waals surface area contributed by atoms with Crippen LogP contribution in [0.4, 0.5) is 11.8 Å². The summed E-state index contributed by atoms with van der Waals surface area (Å²) in [6, 6.07) is 17.3. The molecule has 9 heteroatoms. The number of aromatic nitrogens is 3. The molecule has 0 bridgehead atoms. The summed E-state index contributed by atoms with van der Waals surface area (Å²) in [5.74, 6) is 1.95. The predicted octanol–water partition coefficient (Wildman–Crippen LogP) is 5.57. The molecule has 4 N–H and O–H groups in total. The molecule has 3 heterocycles. The van der Waals surface area contributed by atoms with Crippen molar-refractivity contribution in [2.24, 2.45) is 0 Å². The number of methoxy groups -OCH3 is 1. The summed E-state index contributed by atoms with van der Waals surface area (Å²) in [5, 5.41) is 6.93. The highest BCUT2D eigenvalue weighted by Crippen LogP contribution is 2.28. The van der Waals surface area contributed by atoms with Crippen molar-refractivity contribution in [2.45, 2.75) is 71.9 Å². The van der Waals surface area contributed by atoms with E-state index in [2.05, 4.69) is 86.4 Å². The largest absolute Gasteiger partial charge is 0.496 e. The van der Waals surface area contributed by atoms with Gasteiger partial charge in [-0.15, -0.1) is 0 Å². The lowest BCUT2D eigenvalue weighted by molar-refractivity contribution is -0.0658. The van der Waals surface area contributed by atoms with Crippen LogP contribution in [0.5, 0.6) is 5.75 Å². The second kappa shape index (κ2) is 15.2. The van der Waals surface area contributed by atoms with E-state index in [9.17, 15) is 0 Å². The minimum atomic E-state index is 0.273. The van der Waals surface area contributed by atoms with Gasteiger partial charge in [-0.25, -0.2) is 4.98 Å². The Morgan fingerprint density at radius 2 is 1.70 bits per heavy atom. The van der Waals surface area contributed by atoms with Crippen molar-refractivity contribution in [2.75, 3.05) is 44.3 Å². The van der Waals surface area contributed by atoms with Gasteiger partial charge >= 0.3 is 0 Å². The van der Waals surface area contributed by atoms with E-state index in [-0.39, 0.29) is 12.1 Å². The predicted molar refractivity (Wildman–Crippen MR) is 174 cm³/mol. The van der Waals surface area contributed by atoms with Gasteiger partial charge in [-0.1, -0.05) is 63.1 Å². The molecule has 1 aliphatic heterocycles. The lowest BCUT2D eigenvalue weighted by Gasteiger charge is -2.39. The van der Waals surface area contributed by atoms with Crippen LogP contribution < -0.4 is 21.1 Å². The minimum Gasteiger partial charge on any atom is -0.496 e. The highest BCUT2D eigenvalue weighted by Gasteiger charge is 2.27. The number of anilines is 2. The van der Waals surface area contributed by atoms with Crippen LogP contribution >= 0.6 is 0 Å². The zero-order valence-electron chi connectivity index (χ0n) is 25.9. The van der Waals surface area contributed by atoms with Crippen molar-refractivity contribution in [1.82, 2.24) is 24.8 Å². The third-order valence-electron chi connectivity index (χ3n) is 7.99. The first-order valence-electron chi connectivity index (χ1n) is 15.7. The number of hydrogen-bond donors (Lipinski definition) is 3. The zero-order chi connectivity index (χ0) is 30.0. The summed E-state index contributed by atoms with van der Waals surface area (Å²) in [4.78, 5) is 11.4. The summed E-state index contributed by atoms with van der Waals surface area (Å²) >= 11 is 0. The Kier molecular flexibility index (Phi) is 10.9. The topological polar surface area (TPSA) is 102 Å². The van der Waals surface area contributed by atoms with E-state index in [0.717, 1.165) is 80.3 Å². The van der Waals surface area contributed by atoms with E-state index in [1.54, 1.807) is 7.11 Å². The maximum atomic E-state index is 6.17. The quantitative estimate of drug-likeness (QED) is 0.138. The molecule has 43 heavy (non-hydrogen) atoms. The number of nitrogens with two attached hydrogens (primary N) is 1. The molecule has 4 aromatic rings. The molecule has 5 rings (SSSR count). The average Bonchev–Trinajstić information content (AvgIpc) is 3.40. The third-order valence-corrected chi connectivity index (χ3v) is 7.99. The average molecular weight is 586 g/mol. The molecule has 1 fully saturated rings. The van der Waals surface area contributed by atoms with Gasteiger partial charge < -0.3 is 30.4 Å². The summed E-state index contributed by atoms with van der Waals surface area (Å²) in [6.07, 6.45) is 6.91. The number of unbranched alkanes of at least 4 members (excludes halogenated alkanes) is 2. The van der Waals surface area contributed by atoms with Crippen molar-refractivity contribution in [1.29, 1.82) is 0 Å². The van der Waals surface area contributed by atoms with Crippen LogP contribution in [0, 0.1) is 0 Å². The molecule has 1 saturated heterocycles. The van der Waals surface area contributed by atoms with Gasteiger partial charge in [0.1, 0.15) is 11.3 Å². The summed E-state index contributed by atoms with van der Waals surface area (Å²) in [7, 11) is 1.74. The lowest BCUT2D eigenvalue weighted by Crippen LogP contribution is -2.51. The van der Waals surface area contributed by atoms with Crippen LogP contribution in [-0.4, -0.2) is 58.8 Å². The molecular formula is C34H47N7O2. The Morgan fingerprint density at radius 3 is 2.47 bits per heavy atom. The second-order valence-corrected chi connectivity index (χ2v) is 11.5. The first kappa shape index (κ1) is 30.8. The number of ether oxygens (including phenoxy) is 2. The van der Waals surface area contributed by atoms with E-state index < -0.39 is 0 Å². The van der Waals surface area contributed by atoms with Gasteiger partial charge in [0.15, 0.2) is 5.82 Å². The first-order chi connectivity index (χ1) is 21.1. The van der Waals surface area contributed by atoms with Crippen LogP contribution in [0.25, 0.3) is 11.0 Å².